The van der Waals surface area contributed by atoms with Gasteiger partial charge in [-0.25, -0.2) is 13.2 Å². The first-order chi connectivity index (χ1) is 16.7. The molecule has 4 rings (SSSR count). The van der Waals surface area contributed by atoms with Gasteiger partial charge in [0.1, 0.15) is 17.1 Å². The first-order valence-electron chi connectivity index (χ1n) is 10.5. The summed E-state index contributed by atoms with van der Waals surface area (Å²) in [6.07, 6.45) is 0. The topological polar surface area (TPSA) is 124 Å². The predicted molar refractivity (Wildman–Crippen MR) is 132 cm³/mol. The standard InChI is InChI=1S/C25H22N2O7S/c1-16-12-25(29)34-23-14-18(10-11-20(16)23)33-15-24(28)26-17-6-5-7-19(13-17)35(30,31)27-21-8-3-4-9-22(21)32-2/h3-14,27H,15H2,1-2H3,(H,26,28). The molecule has 4 aromatic rings. The number of carbonyl (C=O) groups excluding carboxylic acids is 1. The van der Waals surface area contributed by atoms with Gasteiger partial charge in [-0.2, -0.15) is 0 Å². The fraction of sp³-hybridized carbons (Fsp3) is 0.120. The Kier molecular flexibility index (Phi) is 6.74. The Morgan fingerprint density at radius 3 is 2.60 bits per heavy atom. The van der Waals surface area contributed by atoms with Crippen LogP contribution in [0.3, 0.4) is 0 Å². The van der Waals surface area contributed by atoms with Crippen LogP contribution in [0.15, 0.2) is 86.9 Å². The molecule has 0 fully saturated rings. The van der Waals surface area contributed by atoms with E-state index in [1.54, 1.807) is 49.4 Å². The quantitative estimate of drug-likeness (QED) is 0.356. The number of aryl methyl sites for hydroxylation is 1. The molecule has 2 N–H and O–H groups in total. The van der Waals surface area contributed by atoms with Crippen molar-refractivity contribution in [3.8, 4) is 11.5 Å². The van der Waals surface area contributed by atoms with Crippen LogP contribution in [0.1, 0.15) is 5.56 Å². The molecule has 3 aromatic carbocycles. The summed E-state index contributed by atoms with van der Waals surface area (Å²) < 4.78 is 44.0. The molecule has 0 saturated heterocycles. The van der Waals surface area contributed by atoms with Crippen LogP contribution < -0.4 is 25.1 Å². The third-order valence-corrected chi connectivity index (χ3v) is 6.44. The summed E-state index contributed by atoms with van der Waals surface area (Å²) in [6.45, 7) is 1.46. The Labute approximate surface area is 201 Å². The second kappa shape index (κ2) is 9.90. The van der Waals surface area contributed by atoms with Crippen LogP contribution in [0.5, 0.6) is 11.5 Å². The fourth-order valence-corrected chi connectivity index (χ4v) is 4.53. The van der Waals surface area contributed by atoms with Crippen LogP contribution in [0.25, 0.3) is 11.0 Å². The smallest absolute Gasteiger partial charge is 0.336 e. The number of nitrogens with one attached hydrogen (secondary N) is 2. The molecule has 0 unspecified atom stereocenters. The van der Waals surface area contributed by atoms with Gasteiger partial charge >= 0.3 is 5.63 Å². The molecule has 0 aliphatic heterocycles. The van der Waals surface area contributed by atoms with Crippen molar-refractivity contribution in [2.75, 3.05) is 23.8 Å². The largest absolute Gasteiger partial charge is 0.495 e. The normalized spacial score (nSPS) is 11.1. The number of fused-ring (bicyclic) bond motifs is 1. The molecule has 1 aromatic heterocycles. The Bertz CT molecular complexity index is 1560. The monoisotopic (exact) mass is 494 g/mol. The maximum absolute atomic E-state index is 12.8. The van der Waals surface area contributed by atoms with Crippen molar-refractivity contribution in [3.05, 3.63) is 88.8 Å². The number of rotatable bonds is 8. The first-order valence-corrected chi connectivity index (χ1v) is 12.0. The molecule has 0 aliphatic rings. The summed E-state index contributed by atoms with van der Waals surface area (Å²) >= 11 is 0. The molecule has 0 bridgehead atoms. The number of amides is 1. The zero-order valence-electron chi connectivity index (χ0n) is 18.9. The van der Waals surface area contributed by atoms with Gasteiger partial charge in [0.2, 0.25) is 0 Å². The molecule has 0 atom stereocenters. The summed E-state index contributed by atoms with van der Waals surface area (Å²) in [5.41, 5.74) is 1.23. The van der Waals surface area contributed by atoms with Gasteiger partial charge < -0.3 is 19.2 Å². The predicted octanol–water partition coefficient (Wildman–Crippen LogP) is 3.93. The van der Waals surface area contributed by atoms with E-state index in [0.29, 0.717) is 22.8 Å². The van der Waals surface area contributed by atoms with Crippen molar-refractivity contribution >= 4 is 38.3 Å². The van der Waals surface area contributed by atoms with Crippen LogP contribution >= 0.6 is 0 Å². The van der Waals surface area contributed by atoms with E-state index in [-0.39, 0.29) is 17.2 Å². The molecular formula is C25H22N2O7S. The van der Waals surface area contributed by atoms with E-state index in [1.807, 2.05) is 0 Å². The van der Waals surface area contributed by atoms with Crippen molar-refractivity contribution in [1.29, 1.82) is 0 Å². The number of sulfonamides is 1. The zero-order valence-corrected chi connectivity index (χ0v) is 19.7. The summed E-state index contributed by atoms with van der Waals surface area (Å²) in [5, 5.41) is 3.38. The molecule has 180 valence electrons. The SMILES string of the molecule is COc1ccccc1NS(=O)(=O)c1cccc(NC(=O)COc2ccc3c(C)cc(=O)oc3c2)c1. The minimum Gasteiger partial charge on any atom is -0.495 e. The molecule has 9 nitrogen and oxygen atoms in total. The van der Waals surface area contributed by atoms with Crippen LogP contribution in [-0.4, -0.2) is 28.0 Å². The second-order valence-electron chi connectivity index (χ2n) is 7.58. The molecule has 0 spiro atoms. The number of para-hydroxylation sites is 2. The summed E-state index contributed by atoms with van der Waals surface area (Å²) in [4.78, 5) is 24.0. The van der Waals surface area contributed by atoms with Gasteiger partial charge in [-0.1, -0.05) is 18.2 Å². The van der Waals surface area contributed by atoms with Gasteiger partial charge in [-0.15, -0.1) is 0 Å². The minimum absolute atomic E-state index is 0.0398. The van der Waals surface area contributed by atoms with Crippen molar-refractivity contribution in [3.63, 3.8) is 0 Å². The molecule has 0 aliphatic carbocycles. The molecule has 0 radical (unpaired) electrons. The molecule has 0 saturated carbocycles. The maximum Gasteiger partial charge on any atom is 0.336 e. The molecule has 1 heterocycles. The van der Waals surface area contributed by atoms with Gasteiger partial charge in [-0.05, 0) is 55.0 Å². The van der Waals surface area contributed by atoms with Gasteiger partial charge in [0.25, 0.3) is 15.9 Å². The van der Waals surface area contributed by atoms with Crippen molar-refractivity contribution in [2.45, 2.75) is 11.8 Å². The number of anilines is 2. The number of benzene rings is 3. The Morgan fingerprint density at radius 1 is 1.00 bits per heavy atom. The number of hydrogen-bond acceptors (Lipinski definition) is 7. The van der Waals surface area contributed by atoms with Crippen molar-refractivity contribution in [2.24, 2.45) is 0 Å². The highest BCUT2D eigenvalue weighted by atomic mass is 32.2. The first kappa shape index (κ1) is 23.8. The fourth-order valence-electron chi connectivity index (χ4n) is 3.41. The molecule has 1 amide bonds. The van der Waals surface area contributed by atoms with E-state index >= 15 is 0 Å². The van der Waals surface area contributed by atoms with Crippen molar-refractivity contribution in [1.82, 2.24) is 0 Å². The molecular weight excluding hydrogens is 472 g/mol. The number of methoxy groups -OCH3 is 1. The van der Waals surface area contributed by atoms with Crippen LogP contribution in [0, 0.1) is 6.92 Å². The minimum atomic E-state index is -3.94. The van der Waals surface area contributed by atoms with Crippen LogP contribution in [-0.2, 0) is 14.8 Å². The average molecular weight is 495 g/mol. The van der Waals surface area contributed by atoms with E-state index in [0.717, 1.165) is 10.9 Å². The number of hydrogen-bond donors (Lipinski definition) is 2. The van der Waals surface area contributed by atoms with E-state index in [4.69, 9.17) is 13.9 Å². The van der Waals surface area contributed by atoms with E-state index in [1.165, 1.54) is 37.4 Å². The highest BCUT2D eigenvalue weighted by Crippen LogP contribution is 2.27. The Balaban J connectivity index is 1.43. The highest BCUT2D eigenvalue weighted by molar-refractivity contribution is 7.92. The summed E-state index contributed by atoms with van der Waals surface area (Å²) in [6, 6.07) is 18.8. The van der Waals surface area contributed by atoms with E-state index in [9.17, 15) is 18.0 Å². The van der Waals surface area contributed by atoms with Gasteiger partial charge in [0, 0.05) is 23.2 Å². The van der Waals surface area contributed by atoms with Crippen LogP contribution in [0.2, 0.25) is 0 Å². The van der Waals surface area contributed by atoms with Gasteiger partial charge in [0.05, 0.1) is 17.7 Å². The third-order valence-electron chi connectivity index (χ3n) is 5.07. The lowest BCUT2D eigenvalue weighted by Crippen LogP contribution is -2.20. The van der Waals surface area contributed by atoms with E-state index in [2.05, 4.69) is 10.0 Å². The summed E-state index contributed by atoms with van der Waals surface area (Å²) in [7, 11) is -2.49. The maximum atomic E-state index is 12.8. The molecule has 35 heavy (non-hydrogen) atoms. The third kappa shape index (κ3) is 5.61. The second-order valence-corrected chi connectivity index (χ2v) is 9.26. The number of ether oxygens (including phenoxy) is 2. The lowest BCUT2D eigenvalue weighted by atomic mass is 10.1. The number of carbonyl (C=O) groups is 1. The van der Waals surface area contributed by atoms with Gasteiger partial charge in [0.15, 0.2) is 6.61 Å². The molecule has 10 heteroatoms. The van der Waals surface area contributed by atoms with Crippen molar-refractivity contribution < 1.29 is 27.1 Å². The Hall–Kier alpha value is -4.31. The average Bonchev–Trinajstić information content (AvgIpc) is 2.82. The zero-order chi connectivity index (χ0) is 25.0. The van der Waals surface area contributed by atoms with E-state index < -0.39 is 21.6 Å². The lowest BCUT2D eigenvalue weighted by molar-refractivity contribution is -0.118. The summed E-state index contributed by atoms with van der Waals surface area (Å²) in [5.74, 6) is 0.225. The lowest BCUT2D eigenvalue weighted by Gasteiger charge is -2.13. The Morgan fingerprint density at radius 2 is 1.80 bits per heavy atom. The highest BCUT2D eigenvalue weighted by Gasteiger charge is 2.17. The van der Waals surface area contributed by atoms with Gasteiger partial charge in [-0.3, -0.25) is 9.52 Å². The van der Waals surface area contributed by atoms with Crippen LogP contribution in [0.4, 0.5) is 11.4 Å².